The molecule has 2 rings (SSSR count). The van der Waals surface area contributed by atoms with E-state index in [9.17, 15) is 9.90 Å². The number of carbonyl (C=O) groups excluding carboxylic acids is 1. The molecule has 0 saturated heterocycles. The van der Waals surface area contributed by atoms with Gasteiger partial charge in [0.25, 0.3) is 0 Å². The maximum absolute atomic E-state index is 12.0. The first kappa shape index (κ1) is 16.8. The minimum atomic E-state index is -0.223. The predicted molar refractivity (Wildman–Crippen MR) is 87.0 cm³/mol. The van der Waals surface area contributed by atoms with Crippen LogP contribution in [0.15, 0.2) is 30.6 Å². The zero-order valence-corrected chi connectivity index (χ0v) is 13.7. The van der Waals surface area contributed by atoms with Crippen LogP contribution in [0.4, 0.5) is 4.79 Å². The van der Waals surface area contributed by atoms with Crippen LogP contribution in [-0.4, -0.2) is 31.9 Å². The van der Waals surface area contributed by atoms with Crippen molar-refractivity contribution in [2.45, 2.75) is 38.8 Å². The predicted octanol–water partition coefficient (Wildman–Crippen LogP) is 1.90. The van der Waals surface area contributed by atoms with Crippen molar-refractivity contribution < 1.29 is 9.90 Å². The highest BCUT2D eigenvalue weighted by Gasteiger charge is 2.15. The van der Waals surface area contributed by atoms with Crippen molar-refractivity contribution >= 4 is 6.03 Å². The Morgan fingerprint density at radius 2 is 1.96 bits per heavy atom. The first-order chi connectivity index (χ1) is 11.0. The van der Waals surface area contributed by atoms with E-state index in [2.05, 4.69) is 20.8 Å². The quantitative estimate of drug-likeness (QED) is 0.759. The number of benzene rings is 1. The van der Waals surface area contributed by atoms with Crippen LogP contribution >= 0.6 is 0 Å². The molecule has 0 bridgehead atoms. The van der Waals surface area contributed by atoms with Crippen molar-refractivity contribution in [3.63, 3.8) is 0 Å². The molecule has 2 aromatic rings. The molecule has 124 valence electrons. The van der Waals surface area contributed by atoms with Crippen LogP contribution in [0.5, 0.6) is 5.75 Å². The van der Waals surface area contributed by atoms with Crippen LogP contribution in [-0.2, 0) is 13.5 Å². The van der Waals surface area contributed by atoms with E-state index in [1.165, 1.54) is 0 Å². The monoisotopic (exact) mass is 317 g/mol. The lowest BCUT2D eigenvalue weighted by Gasteiger charge is -2.17. The van der Waals surface area contributed by atoms with Gasteiger partial charge >= 0.3 is 6.03 Å². The summed E-state index contributed by atoms with van der Waals surface area (Å²) in [6.07, 6.45) is 3.25. The largest absolute Gasteiger partial charge is 0.508 e. The molecule has 7 heteroatoms. The summed E-state index contributed by atoms with van der Waals surface area (Å²) in [4.78, 5) is 12.0. The second kappa shape index (κ2) is 7.62. The van der Waals surface area contributed by atoms with Crippen LogP contribution in [0.1, 0.15) is 37.7 Å². The van der Waals surface area contributed by atoms with Crippen molar-refractivity contribution in [2.75, 3.05) is 0 Å². The Balaban J connectivity index is 1.76. The van der Waals surface area contributed by atoms with Gasteiger partial charge in [-0.2, -0.15) is 0 Å². The average molecular weight is 317 g/mol. The molecule has 2 amide bonds. The van der Waals surface area contributed by atoms with Crippen LogP contribution in [0.2, 0.25) is 0 Å². The fourth-order valence-corrected chi connectivity index (χ4v) is 2.33. The van der Waals surface area contributed by atoms with Gasteiger partial charge in [-0.05, 0) is 44.4 Å². The Hall–Kier alpha value is -2.57. The molecule has 0 radical (unpaired) electrons. The third kappa shape index (κ3) is 4.98. The molecule has 23 heavy (non-hydrogen) atoms. The van der Waals surface area contributed by atoms with E-state index in [1.54, 1.807) is 23.0 Å². The Labute approximate surface area is 135 Å². The number of phenolic OH excluding ortho intramolecular Hbond substituents is 1. The smallest absolute Gasteiger partial charge is 0.315 e. The van der Waals surface area contributed by atoms with Gasteiger partial charge in [0.1, 0.15) is 12.1 Å². The number of hydrogen-bond acceptors (Lipinski definition) is 4. The number of aryl methyl sites for hydroxylation is 2. The zero-order valence-electron chi connectivity index (χ0n) is 13.7. The van der Waals surface area contributed by atoms with E-state index >= 15 is 0 Å². The van der Waals surface area contributed by atoms with Crippen LogP contribution in [0, 0.1) is 0 Å². The molecule has 1 heterocycles. The van der Waals surface area contributed by atoms with Crippen LogP contribution < -0.4 is 10.6 Å². The molecular weight excluding hydrogens is 294 g/mol. The number of hydrogen-bond donors (Lipinski definition) is 3. The summed E-state index contributed by atoms with van der Waals surface area (Å²) in [5, 5.41) is 22.8. The maximum Gasteiger partial charge on any atom is 0.315 e. The molecule has 3 N–H and O–H groups in total. The zero-order chi connectivity index (χ0) is 16.8. The van der Waals surface area contributed by atoms with E-state index in [4.69, 9.17) is 0 Å². The molecule has 0 spiro atoms. The summed E-state index contributed by atoms with van der Waals surface area (Å²) in [5.74, 6) is 0.967. The Morgan fingerprint density at radius 1 is 1.26 bits per heavy atom. The molecular formula is C16H23N5O2. The molecule has 0 aliphatic carbocycles. The van der Waals surface area contributed by atoms with Crippen molar-refractivity contribution in [1.29, 1.82) is 0 Å². The normalized spacial score (nSPS) is 13.3. The van der Waals surface area contributed by atoms with Gasteiger partial charge in [-0.1, -0.05) is 12.1 Å². The summed E-state index contributed by atoms with van der Waals surface area (Å²) in [5.41, 5.74) is 1.13. The van der Waals surface area contributed by atoms with Gasteiger partial charge in [0.05, 0.1) is 6.04 Å². The fraction of sp³-hybridized carbons (Fsp3) is 0.438. The number of nitrogens with one attached hydrogen (secondary N) is 2. The van der Waals surface area contributed by atoms with E-state index in [0.717, 1.165) is 18.4 Å². The SMILES string of the molecule is CC(CCc1ccc(O)cc1)NC(=O)NC(C)c1nncn1C. The van der Waals surface area contributed by atoms with E-state index < -0.39 is 0 Å². The lowest BCUT2D eigenvalue weighted by Crippen LogP contribution is -2.42. The van der Waals surface area contributed by atoms with Gasteiger partial charge in [0.15, 0.2) is 5.82 Å². The van der Waals surface area contributed by atoms with E-state index in [-0.39, 0.29) is 23.9 Å². The van der Waals surface area contributed by atoms with Crippen LogP contribution in [0.25, 0.3) is 0 Å². The molecule has 1 aromatic carbocycles. The minimum absolute atomic E-state index is 0.0375. The highest BCUT2D eigenvalue weighted by Crippen LogP contribution is 2.12. The fourth-order valence-electron chi connectivity index (χ4n) is 2.33. The van der Waals surface area contributed by atoms with Gasteiger partial charge < -0.3 is 20.3 Å². The van der Waals surface area contributed by atoms with E-state index in [1.807, 2.05) is 33.0 Å². The molecule has 0 aliphatic rings. The van der Waals surface area contributed by atoms with Gasteiger partial charge in [0, 0.05) is 13.1 Å². The molecule has 2 atom stereocenters. The third-order valence-corrected chi connectivity index (χ3v) is 3.66. The third-order valence-electron chi connectivity index (χ3n) is 3.66. The van der Waals surface area contributed by atoms with Gasteiger partial charge in [-0.25, -0.2) is 4.79 Å². The summed E-state index contributed by atoms with van der Waals surface area (Å²) >= 11 is 0. The highest BCUT2D eigenvalue weighted by molar-refractivity contribution is 5.74. The topological polar surface area (TPSA) is 92.1 Å². The summed E-state index contributed by atoms with van der Waals surface area (Å²) < 4.78 is 1.78. The second-order valence-electron chi connectivity index (χ2n) is 5.75. The summed E-state index contributed by atoms with van der Waals surface area (Å²) in [7, 11) is 1.84. The summed E-state index contributed by atoms with van der Waals surface area (Å²) in [6, 6.07) is 6.71. The molecule has 1 aromatic heterocycles. The number of urea groups is 1. The standard InChI is InChI=1S/C16H23N5O2/c1-11(4-5-13-6-8-14(22)9-7-13)18-16(23)19-12(2)15-20-17-10-21(15)3/h6-12,22H,4-5H2,1-3H3,(H2,18,19,23). The van der Waals surface area contributed by atoms with E-state index in [0.29, 0.717) is 5.82 Å². The number of nitrogens with zero attached hydrogens (tertiary/aromatic N) is 3. The number of carbonyl (C=O) groups is 1. The van der Waals surface area contributed by atoms with Crippen molar-refractivity contribution in [1.82, 2.24) is 25.4 Å². The van der Waals surface area contributed by atoms with Crippen LogP contribution in [0.3, 0.4) is 0 Å². The highest BCUT2D eigenvalue weighted by atomic mass is 16.3. The Kier molecular flexibility index (Phi) is 5.56. The van der Waals surface area contributed by atoms with Crippen molar-refractivity contribution in [3.05, 3.63) is 42.0 Å². The lowest BCUT2D eigenvalue weighted by molar-refractivity contribution is 0.233. The first-order valence-electron chi connectivity index (χ1n) is 7.64. The maximum atomic E-state index is 12.0. The number of aromatic nitrogens is 3. The summed E-state index contributed by atoms with van der Waals surface area (Å²) in [6.45, 7) is 3.83. The molecule has 0 fully saturated rings. The van der Waals surface area contributed by atoms with Crippen molar-refractivity contribution in [2.24, 2.45) is 7.05 Å². The minimum Gasteiger partial charge on any atom is -0.508 e. The van der Waals surface area contributed by atoms with Gasteiger partial charge in [-0.15, -0.1) is 10.2 Å². The van der Waals surface area contributed by atoms with Gasteiger partial charge in [-0.3, -0.25) is 0 Å². The first-order valence-corrected chi connectivity index (χ1v) is 7.64. The molecule has 7 nitrogen and oxygen atoms in total. The number of phenols is 1. The molecule has 0 aliphatic heterocycles. The second-order valence-corrected chi connectivity index (χ2v) is 5.75. The number of amides is 2. The Morgan fingerprint density at radius 3 is 2.57 bits per heavy atom. The Bertz CT molecular complexity index is 638. The molecule has 2 unspecified atom stereocenters. The number of aromatic hydroxyl groups is 1. The van der Waals surface area contributed by atoms with Gasteiger partial charge in [0.2, 0.25) is 0 Å². The lowest BCUT2D eigenvalue weighted by atomic mass is 10.1. The number of rotatable bonds is 6. The average Bonchev–Trinajstić information content (AvgIpc) is 2.92. The van der Waals surface area contributed by atoms with Crippen molar-refractivity contribution in [3.8, 4) is 5.75 Å². The molecule has 0 saturated carbocycles.